The summed E-state index contributed by atoms with van der Waals surface area (Å²) in [6.45, 7) is 12.9. The van der Waals surface area contributed by atoms with Gasteiger partial charge >= 0.3 is 5.97 Å². The quantitative estimate of drug-likeness (QED) is 0.142. The van der Waals surface area contributed by atoms with E-state index in [4.69, 9.17) is 31.3 Å². The van der Waals surface area contributed by atoms with Gasteiger partial charge in [-0.2, -0.15) is 10.4 Å². The number of amides is 1. The lowest BCUT2D eigenvalue weighted by Crippen LogP contribution is -2.55. The second-order valence-electron chi connectivity index (χ2n) is 17.8. The van der Waals surface area contributed by atoms with E-state index in [1.165, 1.54) is 10.6 Å². The number of nitrogens with one attached hydrogen (secondary N) is 1. The Hall–Kier alpha value is -5.47. The van der Waals surface area contributed by atoms with Crippen LogP contribution >= 0.6 is 22.9 Å². The molecule has 2 aromatic heterocycles. The van der Waals surface area contributed by atoms with E-state index in [-0.39, 0.29) is 36.5 Å². The molecule has 2 unspecified atom stereocenters. The van der Waals surface area contributed by atoms with Crippen molar-refractivity contribution in [2.45, 2.75) is 103 Å². The van der Waals surface area contributed by atoms with Crippen LogP contribution in [0.1, 0.15) is 96.7 Å². The summed E-state index contributed by atoms with van der Waals surface area (Å²) in [5.41, 5.74) is 5.83. The molecule has 6 heterocycles. The Kier molecular flexibility index (Phi) is 12.7. The number of carbonyl (C=O) groups is 2. The van der Waals surface area contributed by atoms with Crippen molar-refractivity contribution in [3.8, 4) is 16.8 Å². The van der Waals surface area contributed by atoms with Gasteiger partial charge in [0.25, 0.3) is 5.91 Å². The van der Waals surface area contributed by atoms with E-state index in [0.717, 1.165) is 104 Å². The van der Waals surface area contributed by atoms with Crippen LogP contribution in [-0.2, 0) is 14.3 Å². The third-order valence-corrected chi connectivity index (χ3v) is 14.8. The van der Waals surface area contributed by atoms with Crippen molar-refractivity contribution in [1.29, 1.82) is 5.26 Å². The van der Waals surface area contributed by atoms with Crippen molar-refractivity contribution in [3.63, 3.8) is 0 Å². The zero-order chi connectivity index (χ0) is 44.6. The first kappa shape index (κ1) is 43.8. The van der Waals surface area contributed by atoms with Crippen LogP contribution in [0.25, 0.3) is 5.00 Å². The number of hydrogen-bond acceptors (Lipinski definition) is 13. The Labute approximate surface area is 381 Å². The first-order valence-corrected chi connectivity index (χ1v) is 23.5. The molecule has 4 aliphatic heterocycles. The fraction of sp³-hybridized carbons (Fsp3) is 0.489. The van der Waals surface area contributed by atoms with Gasteiger partial charge in [-0.1, -0.05) is 30.7 Å². The maximum absolute atomic E-state index is 13.1. The summed E-state index contributed by atoms with van der Waals surface area (Å²) in [5.74, 6) is 1.32. The maximum Gasteiger partial charge on any atom is 0.306 e. The van der Waals surface area contributed by atoms with Gasteiger partial charge < -0.3 is 24.8 Å². The number of likely N-dealkylation sites (tertiary alicyclic amines) is 1. The Balaban J connectivity index is 0.711. The standard InChI is InChI=1S/C47H53ClN10O5S/c1-26-19-40(45(61)50-33-8-13-35(14-9-33)62-36-12-7-32(22-49)38(48)20-36)53-55-46(26)63-37-24-56(25-37)23-30-15-17-57(18-16-30)34-10-5-31(6-11-34)43-42-27(2)28(3)64-47(42)58-29(4)52-54-44(58)39(51-43)21-41(59)60/h5-7,10-12,19-20,26,30,33,35,37,39,46H,8-9,13-18,21,23-25H2,1-4H3,(H,50,61)(H,59,60)/t26?,33?,35?,39-,46?/m0/s1. The van der Waals surface area contributed by atoms with E-state index in [0.29, 0.717) is 33.8 Å². The molecule has 2 aromatic carbocycles. The van der Waals surface area contributed by atoms with E-state index < -0.39 is 18.2 Å². The van der Waals surface area contributed by atoms with Crippen LogP contribution in [-0.4, -0.2) is 99.6 Å². The van der Waals surface area contributed by atoms with Crippen LogP contribution in [0.15, 0.2) is 69.5 Å². The van der Waals surface area contributed by atoms with E-state index in [9.17, 15) is 14.7 Å². The topological polar surface area (TPSA) is 183 Å². The predicted octanol–water partition coefficient (Wildman–Crippen LogP) is 7.88. The number of carboxylic acids is 1. The number of aryl methyl sites for hydroxylation is 2. The average Bonchev–Trinajstić information content (AvgIpc) is 3.75. The molecular formula is C47H53ClN10O5S. The number of rotatable bonds is 12. The zero-order valence-corrected chi connectivity index (χ0v) is 38.1. The number of aromatic nitrogens is 3. The van der Waals surface area contributed by atoms with E-state index in [1.807, 2.05) is 24.5 Å². The lowest BCUT2D eigenvalue weighted by atomic mass is 9.92. The number of aliphatic imine (C=N–C) groups is 1. The molecule has 2 N–H and O–H groups in total. The van der Waals surface area contributed by atoms with Gasteiger partial charge in [0, 0.05) is 72.4 Å². The highest BCUT2D eigenvalue weighted by molar-refractivity contribution is 7.15. The molecule has 0 spiro atoms. The molecule has 64 heavy (non-hydrogen) atoms. The molecular weight excluding hydrogens is 852 g/mol. The van der Waals surface area contributed by atoms with Gasteiger partial charge in [-0.3, -0.25) is 24.0 Å². The molecule has 9 rings (SSSR count). The van der Waals surface area contributed by atoms with Crippen LogP contribution in [0.5, 0.6) is 5.75 Å². The Bertz CT molecular complexity index is 2540. The number of fused-ring (bicyclic) bond motifs is 3. The first-order valence-electron chi connectivity index (χ1n) is 22.3. The molecule has 4 aromatic rings. The summed E-state index contributed by atoms with van der Waals surface area (Å²) < 4.78 is 14.4. The molecule has 3 fully saturated rings. The first-order chi connectivity index (χ1) is 30.9. The molecule has 1 aliphatic carbocycles. The summed E-state index contributed by atoms with van der Waals surface area (Å²) in [6, 6.07) is 15.1. The summed E-state index contributed by atoms with van der Waals surface area (Å²) in [5, 5.41) is 40.8. The summed E-state index contributed by atoms with van der Waals surface area (Å²) >= 11 is 7.83. The minimum atomic E-state index is -0.927. The van der Waals surface area contributed by atoms with Crippen molar-refractivity contribution in [2.24, 2.45) is 27.1 Å². The lowest BCUT2D eigenvalue weighted by molar-refractivity contribution is -0.137. The molecule has 0 radical (unpaired) electrons. The van der Waals surface area contributed by atoms with Crippen molar-refractivity contribution >= 4 is 46.2 Å². The molecule has 0 bridgehead atoms. The number of aliphatic carboxylic acids is 1. The van der Waals surface area contributed by atoms with Crippen LogP contribution in [0.3, 0.4) is 0 Å². The van der Waals surface area contributed by atoms with Gasteiger partial charge in [0.2, 0.25) is 0 Å². The van der Waals surface area contributed by atoms with Gasteiger partial charge in [0.05, 0.1) is 34.9 Å². The van der Waals surface area contributed by atoms with Gasteiger partial charge in [0.1, 0.15) is 34.4 Å². The number of nitrogens with zero attached hydrogens (tertiary/aromatic N) is 9. The number of carbonyl (C=O) groups excluding carboxylic acids is 1. The van der Waals surface area contributed by atoms with Crippen LogP contribution in [0.4, 0.5) is 5.69 Å². The molecule has 15 nitrogen and oxygen atoms in total. The normalized spacial score (nSPS) is 23.8. The Morgan fingerprint density at radius 3 is 2.44 bits per heavy atom. The predicted molar refractivity (Wildman–Crippen MR) is 244 cm³/mol. The minimum Gasteiger partial charge on any atom is -0.490 e. The van der Waals surface area contributed by atoms with Gasteiger partial charge in [-0.25, -0.2) is 0 Å². The highest BCUT2D eigenvalue weighted by Gasteiger charge is 2.36. The van der Waals surface area contributed by atoms with Gasteiger partial charge in [-0.05, 0) is 101 Å². The highest BCUT2D eigenvalue weighted by atomic mass is 35.5. The molecule has 1 amide bonds. The fourth-order valence-electron chi connectivity index (χ4n) is 9.51. The van der Waals surface area contributed by atoms with E-state index >= 15 is 0 Å². The largest absolute Gasteiger partial charge is 0.490 e. The number of carboxylic acid groups (broad SMARTS) is 1. The van der Waals surface area contributed by atoms with Gasteiger partial charge in [0.15, 0.2) is 12.1 Å². The molecule has 5 aliphatic rings. The zero-order valence-electron chi connectivity index (χ0n) is 36.5. The monoisotopic (exact) mass is 904 g/mol. The highest BCUT2D eigenvalue weighted by Crippen LogP contribution is 2.40. The Morgan fingerprint density at radius 1 is 1.00 bits per heavy atom. The van der Waals surface area contributed by atoms with Crippen LogP contribution in [0.2, 0.25) is 5.02 Å². The second kappa shape index (κ2) is 18.6. The lowest BCUT2D eigenvalue weighted by Gasteiger charge is -2.43. The van der Waals surface area contributed by atoms with E-state index in [2.05, 4.69) is 79.7 Å². The number of azo groups is 1. The molecule has 17 heteroatoms. The maximum atomic E-state index is 13.1. The average molecular weight is 906 g/mol. The van der Waals surface area contributed by atoms with Gasteiger partial charge in [-0.15, -0.1) is 26.6 Å². The van der Waals surface area contributed by atoms with Crippen LogP contribution in [0, 0.1) is 43.9 Å². The number of ether oxygens (including phenoxy) is 2. The molecule has 2 saturated heterocycles. The minimum absolute atomic E-state index is 0.0231. The fourth-order valence-corrected chi connectivity index (χ4v) is 10.9. The second-order valence-corrected chi connectivity index (χ2v) is 19.4. The van der Waals surface area contributed by atoms with Crippen molar-refractivity contribution in [1.82, 2.24) is 25.0 Å². The molecule has 1 saturated carbocycles. The number of anilines is 1. The molecule has 334 valence electrons. The summed E-state index contributed by atoms with van der Waals surface area (Å²) in [6.07, 6.45) is 6.79. The number of thiophene rings is 1. The number of benzene rings is 2. The van der Waals surface area contributed by atoms with Crippen LogP contribution < -0.4 is 15.0 Å². The third kappa shape index (κ3) is 9.22. The SMILES string of the molecule is Cc1sc2c(c1C)C(c1ccc(N3CCC(CN4CC(OC5N=NC(C(=O)NC6CCC(Oc7ccc(C#N)c(Cl)c7)CC6)=CC5C)C4)CC3)cc1)=N[C@@H](CC(=O)O)c1nnc(C)n1-2. The smallest absolute Gasteiger partial charge is 0.306 e. The van der Waals surface area contributed by atoms with Crippen molar-refractivity contribution < 1.29 is 24.2 Å². The number of piperidine rings is 1. The number of halogens is 1. The molecule has 3 atom stereocenters. The van der Waals surface area contributed by atoms with E-state index in [1.54, 1.807) is 29.5 Å². The van der Waals surface area contributed by atoms with Crippen molar-refractivity contribution in [3.05, 3.63) is 98.0 Å². The number of hydrogen-bond donors (Lipinski definition) is 2. The van der Waals surface area contributed by atoms with Crippen molar-refractivity contribution in [2.75, 3.05) is 37.6 Å². The third-order valence-electron chi connectivity index (χ3n) is 13.3. The Morgan fingerprint density at radius 2 is 1.75 bits per heavy atom. The number of nitriles is 1. The summed E-state index contributed by atoms with van der Waals surface area (Å²) in [4.78, 5) is 36.3. The summed E-state index contributed by atoms with van der Waals surface area (Å²) in [7, 11) is 0.